The van der Waals surface area contributed by atoms with Gasteiger partial charge in [0.15, 0.2) is 0 Å². The molecule has 3 nitrogen and oxygen atoms in total. The molecule has 1 atom stereocenters. The van der Waals surface area contributed by atoms with Crippen molar-refractivity contribution in [3.63, 3.8) is 0 Å². The van der Waals surface area contributed by atoms with E-state index in [0.717, 1.165) is 16.5 Å². The molecule has 0 saturated heterocycles. The lowest BCUT2D eigenvalue weighted by Crippen LogP contribution is -2.30. The third-order valence-corrected chi connectivity index (χ3v) is 4.31. The van der Waals surface area contributed by atoms with E-state index in [9.17, 15) is 4.79 Å². The first-order chi connectivity index (χ1) is 10.3. The molecule has 1 aromatic carbocycles. The summed E-state index contributed by atoms with van der Waals surface area (Å²) in [7, 11) is 2.01. The number of ether oxygens (including phenoxy) is 1. The lowest BCUT2D eigenvalue weighted by Gasteiger charge is -2.26. The highest BCUT2D eigenvalue weighted by Gasteiger charge is 2.27. The van der Waals surface area contributed by atoms with E-state index < -0.39 is 0 Å². The molecule has 0 aliphatic heterocycles. The van der Waals surface area contributed by atoms with Crippen LogP contribution < -0.4 is 0 Å². The van der Waals surface area contributed by atoms with Crippen molar-refractivity contribution >= 4 is 16.9 Å². The first-order valence-corrected chi connectivity index (χ1v) is 8.07. The molecule has 0 fully saturated rings. The van der Waals surface area contributed by atoms with Crippen molar-refractivity contribution < 1.29 is 9.53 Å². The fourth-order valence-electron chi connectivity index (χ4n) is 3.12. The van der Waals surface area contributed by atoms with Crippen molar-refractivity contribution in [2.45, 2.75) is 46.6 Å². The summed E-state index contributed by atoms with van der Waals surface area (Å²) < 4.78 is 7.87. The molecule has 0 unspecified atom stereocenters. The summed E-state index contributed by atoms with van der Waals surface area (Å²) in [5, 5.41) is 1.13. The second-order valence-electron chi connectivity index (χ2n) is 6.82. The number of nitrogens with zero attached hydrogens (tertiary/aromatic N) is 1. The largest absolute Gasteiger partial charge is 0.461 e. The molecule has 0 bridgehead atoms. The third kappa shape index (κ3) is 3.18. The minimum atomic E-state index is -0.258. The van der Waals surface area contributed by atoms with Gasteiger partial charge in [-0.05, 0) is 30.4 Å². The summed E-state index contributed by atoms with van der Waals surface area (Å²) in [6.45, 7) is 10.3. The van der Waals surface area contributed by atoms with Crippen molar-refractivity contribution in [1.82, 2.24) is 4.57 Å². The van der Waals surface area contributed by atoms with Crippen LogP contribution in [0, 0.1) is 11.8 Å². The van der Waals surface area contributed by atoms with Gasteiger partial charge in [0.05, 0.1) is 5.92 Å². The molecule has 0 N–H and O–H groups in total. The van der Waals surface area contributed by atoms with Crippen LogP contribution in [0.4, 0.5) is 0 Å². The van der Waals surface area contributed by atoms with Crippen LogP contribution in [0.1, 0.15) is 46.1 Å². The van der Waals surface area contributed by atoms with Crippen molar-refractivity contribution in [1.29, 1.82) is 0 Å². The Kier molecular flexibility index (Phi) is 4.94. The van der Waals surface area contributed by atoms with E-state index in [1.165, 1.54) is 0 Å². The number of esters is 1. The standard InChI is InChI=1S/C19H27NO2/c1-12(2)18(13(3)4)22-19(21)14(5)16-11-20(6)17-10-8-7-9-15(16)17/h7-14,18H,1-6H3/t14-/m1/s1. The molecule has 0 aliphatic carbocycles. The Morgan fingerprint density at radius 1 is 1.05 bits per heavy atom. The molecular formula is C19H27NO2. The topological polar surface area (TPSA) is 31.2 Å². The number of fused-ring (bicyclic) bond motifs is 1. The number of carbonyl (C=O) groups excluding carboxylic acids is 1. The summed E-state index contributed by atoms with van der Waals surface area (Å²) in [4.78, 5) is 12.6. The van der Waals surface area contributed by atoms with Gasteiger partial charge in [0.25, 0.3) is 0 Å². The zero-order valence-electron chi connectivity index (χ0n) is 14.5. The molecule has 2 rings (SSSR count). The zero-order valence-corrected chi connectivity index (χ0v) is 14.5. The predicted octanol–water partition coefficient (Wildman–Crippen LogP) is 4.51. The van der Waals surface area contributed by atoms with Crippen LogP contribution in [0.3, 0.4) is 0 Å². The highest BCUT2D eigenvalue weighted by molar-refractivity contribution is 5.90. The van der Waals surface area contributed by atoms with Crippen LogP contribution in [-0.2, 0) is 16.6 Å². The maximum Gasteiger partial charge on any atom is 0.313 e. The molecule has 0 radical (unpaired) electrons. The summed E-state index contributed by atoms with van der Waals surface area (Å²) in [5.74, 6) is 0.252. The average molecular weight is 301 g/mol. The fraction of sp³-hybridized carbons (Fsp3) is 0.526. The first-order valence-electron chi connectivity index (χ1n) is 8.07. The van der Waals surface area contributed by atoms with Gasteiger partial charge in [-0.25, -0.2) is 0 Å². The molecule has 1 aromatic heterocycles. The van der Waals surface area contributed by atoms with E-state index >= 15 is 0 Å². The second kappa shape index (κ2) is 6.55. The van der Waals surface area contributed by atoms with Gasteiger partial charge in [-0.3, -0.25) is 4.79 Å². The second-order valence-corrected chi connectivity index (χ2v) is 6.82. The van der Waals surface area contributed by atoms with Gasteiger partial charge >= 0.3 is 5.97 Å². The van der Waals surface area contributed by atoms with Crippen LogP contribution in [-0.4, -0.2) is 16.6 Å². The number of aromatic nitrogens is 1. The smallest absolute Gasteiger partial charge is 0.313 e. The summed E-state index contributed by atoms with van der Waals surface area (Å²) >= 11 is 0. The van der Waals surface area contributed by atoms with Gasteiger partial charge < -0.3 is 9.30 Å². The average Bonchev–Trinajstić information content (AvgIpc) is 2.80. The van der Waals surface area contributed by atoms with Crippen molar-refractivity contribution in [2.75, 3.05) is 0 Å². The summed E-state index contributed by atoms with van der Waals surface area (Å²) in [5.41, 5.74) is 2.18. The van der Waals surface area contributed by atoms with Gasteiger partial charge in [-0.15, -0.1) is 0 Å². The number of aryl methyl sites for hydroxylation is 1. The van der Waals surface area contributed by atoms with E-state index in [1.807, 2.05) is 32.3 Å². The lowest BCUT2D eigenvalue weighted by atomic mass is 9.95. The lowest BCUT2D eigenvalue weighted by molar-refractivity contribution is -0.155. The number of hydrogen-bond donors (Lipinski definition) is 0. The normalized spacial score (nSPS) is 13.3. The van der Waals surface area contributed by atoms with Crippen molar-refractivity contribution in [3.8, 4) is 0 Å². The highest BCUT2D eigenvalue weighted by Crippen LogP contribution is 2.29. The Morgan fingerprint density at radius 3 is 2.23 bits per heavy atom. The van der Waals surface area contributed by atoms with Gasteiger partial charge in [0.2, 0.25) is 0 Å². The summed E-state index contributed by atoms with van der Waals surface area (Å²) in [6, 6.07) is 8.16. The number of hydrogen-bond acceptors (Lipinski definition) is 2. The van der Waals surface area contributed by atoms with E-state index in [2.05, 4.69) is 44.4 Å². The molecule has 0 spiro atoms. The van der Waals surface area contributed by atoms with Crippen LogP contribution >= 0.6 is 0 Å². The molecular weight excluding hydrogens is 274 g/mol. The summed E-state index contributed by atoms with van der Waals surface area (Å²) in [6.07, 6.45) is 2.00. The Morgan fingerprint density at radius 2 is 1.64 bits per heavy atom. The van der Waals surface area contributed by atoms with E-state index in [1.54, 1.807) is 0 Å². The van der Waals surface area contributed by atoms with Crippen LogP contribution in [0.2, 0.25) is 0 Å². The molecule has 0 aliphatic rings. The highest BCUT2D eigenvalue weighted by atomic mass is 16.5. The molecule has 2 aromatic rings. The minimum Gasteiger partial charge on any atom is -0.461 e. The third-order valence-electron chi connectivity index (χ3n) is 4.31. The molecule has 1 heterocycles. The van der Waals surface area contributed by atoms with E-state index in [4.69, 9.17) is 4.74 Å². The van der Waals surface area contributed by atoms with Crippen LogP contribution in [0.15, 0.2) is 30.5 Å². The first kappa shape index (κ1) is 16.6. The molecule has 3 heteroatoms. The zero-order chi connectivity index (χ0) is 16.4. The Hall–Kier alpha value is -1.77. The van der Waals surface area contributed by atoms with E-state index in [0.29, 0.717) is 11.8 Å². The number of benzene rings is 1. The molecule has 0 amide bonds. The van der Waals surface area contributed by atoms with Gasteiger partial charge in [-0.1, -0.05) is 45.9 Å². The molecule has 120 valence electrons. The van der Waals surface area contributed by atoms with Crippen LogP contribution in [0.25, 0.3) is 10.9 Å². The van der Waals surface area contributed by atoms with Gasteiger partial charge in [0.1, 0.15) is 6.10 Å². The number of para-hydroxylation sites is 1. The van der Waals surface area contributed by atoms with Crippen molar-refractivity contribution in [2.24, 2.45) is 18.9 Å². The number of carbonyl (C=O) groups is 1. The maximum absolute atomic E-state index is 12.6. The van der Waals surface area contributed by atoms with Crippen molar-refractivity contribution in [3.05, 3.63) is 36.0 Å². The Balaban J connectivity index is 2.26. The predicted molar refractivity (Wildman–Crippen MR) is 90.9 cm³/mol. The Labute approximate surface area is 133 Å². The van der Waals surface area contributed by atoms with E-state index in [-0.39, 0.29) is 18.0 Å². The SMILES string of the molecule is CC(C)C(OC(=O)[C@H](C)c1cn(C)c2ccccc12)C(C)C. The maximum atomic E-state index is 12.6. The Bertz CT molecular complexity index is 646. The minimum absolute atomic E-state index is 0.0371. The van der Waals surface area contributed by atoms with Crippen LogP contribution in [0.5, 0.6) is 0 Å². The monoisotopic (exact) mass is 301 g/mol. The quantitative estimate of drug-likeness (QED) is 0.761. The number of rotatable bonds is 5. The molecule has 22 heavy (non-hydrogen) atoms. The fourth-order valence-corrected chi connectivity index (χ4v) is 3.12. The van der Waals surface area contributed by atoms with Gasteiger partial charge in [-0.2, -0.15) is 0 Å². The molecule has 0 saturated carbocycles. The van der Waals surface area contributed by atoms with Gasteiger partial charge in [0, 0.05) is 24.1 Å².